The third-order valence-corrected chi connectivity index (χ3v) is 10.8. The Morgan fingerprint density at radius 3 is 2.37 bits per heavy atom. The van der Waals surface area contributed by atoms with E-state index in [1.165, 1.54) is 23.8 Å². The summed E-state index contributed by atoms with van der Waals surface area (Å²) in [5, 5.41) is 2.93. The first kappa shape index (κ1) is 32.6. The fraction of sp³-hybridized carbons (Fsp3) is 0.545. The Hall–Kier alpha value is -3.32. The molecule has 0 saturated carbocycles. The molecule has 1 spiro atoms. The maximum Gasteiger partial charge on any atom is 0.418 e. The van der Waals surface area contributed by atoms with Gasteiger partial charge in [-0.3, -0.25) is 9.59 Å². The topological polar surface area (TPSA) is 108 Å². The number of carbonyl (C=O) groups excluding carboxylic acids is 3. The van der Waals surface area contributed by atoms with Gasteiger partial charge in [-0.2, -0.15) is 13.2 Å². The first-order valence-electron chi connectivity index (χ1n) is 16.0. The number of nitrogen functional groups attached to an aromatic ring is 1. The van der Waals surface area contributed by atoms with Crippen molar-refractivity contribution in [1.29, 1.82) is 0 Å². The maximum absolute atomic E-state index is 13.9. The molecule has 0 aliphatic carbocycles. The lowest BCUT2D eigenvalue weighted by Crippen LogP contribution is -2.52. The second-order valence-corrected chi connectivity index (χ2v) is 13.8. The van der Waals surface area contributed by atoms with Crippen LogP contribution in [0.25, 0.3) is 0 Å². The zero-order chi connectivity index (χ0) is 32.6. The minimum absolute atomic E-state index is 0.0550. The van der Waals surface area contributed by atoms with Crippen LogP contribution in [0.1, 0.15) is 61.6 Å². The lowest BCUT2D eigenvalue weighted by molar-refractivity contribution is -0.142. The van der Waals surface area contributed by atoms with E-state index in [0.717, 1.165) is 43.2 Å². The number of nitrogens with two attached hydrogens (primary N) is 1. The van der Waals surface area contributed by atoms with E-state index in [1.54, 1.807) is 4.90 Å². The van der Waals surface area contributed by atoms with Crippen LogP contribution in [0.2, 0.25) is 0 Å². The molecule has 0 bridgehead atoms. The molecule has 4 aliphatic heterocycles. The molecule has 2 aromatic carbocycles. The maximum atomic E-state index is 13.9. The third-order valence-electron chi connectivity index (χ3n) is 10.1. The summed E-state index contributed by atoms with van der Waals surface area (Å²) in [7, 11) is 0. The summed E-state index contributed by atoms with van der Waals surface area (Å²) in [6.07, 6.45) is -1.62. The zero-order valence-corrected chi connectivity index (χ0v) is 27.2. The fourth-order valence-electron chi connectivity index (χ4n) is 7.59. The second kappa shape index (κ2) is 13.1. The average Bonchev–Trinajstić information content (AvgIpc) is 3.57. The van der Waals surface area contributed by atoms with Gasteiger partial charge in [0, 0.05) is 60.6 Å². The number of nitrogens with one attached hydrogen (secondary N) is 1. The van der Waals surface area contributed by atoms with E-state index >= 15 is 0 Å². The van der Waals surface area contributed by atoms with E-state index < -0.39 is 40.9 Å². The third kappa shape index (κ3) is 6.71. The van der Waals surface area contributed by atoms with Crippen molar-refractivity contribution in [3.05, 3.63) is 57.6 Å². The SMILES string of the molecule is Nc1c(Br)cc(C[C@@H](OC(=O)N2CCC3(CC2)CC(=O)Nc2ccccc23)C(=O)N2CCC(N3CCCC3)CC2)cc1C(F)(F)F. The number of amides is 3. The highest BCUT2D eigenvalue weighted by Gasteiger charge is 2.44. The van der Waals surface area contributed by atoms with Gasteiger partial charge in [0.2, 0.25) is 5.91 Å². The molecular weight excluding hydrogens is 667 g/mol. The molecule has 4 aliphatic rings. The number of likely N-dealkylation sites (tertiary alicyclic amines) is 3. The first-order valence-corrected chi connectivity index (χ1v) is 16.8. The van der Waals surface area contributed by atoms with Crippen molar-refractivity contribution in [3.8, 4) is 0 Å². The van der Waals surface area contributed by atoms with Gasteiger partial charge in [-0.1, -0.05) is 18.2 Å². The van der Waals surface area contributed by atoms with Crippen molar-refractivity contribution in [1.82, 2.24) is 14.7 Å². The van der Waals surface area contributed by atoms with Crippen molar-refractivity contribution in [3.63, 3.8) is 0 Å². The molecule has 9 nitrogen and oxygen atoms in total. The van der Waals surface area contributed by atoms with E-state index in [2.05, 4.69) is 26.1 Å². The van der Waals surface area contributed by atoms with Crippen LogP contribution in [-0.4, -0.2) is 84.0 Å². The summed E-state index contributed by atoms with van der Waals surface area (Å²) in [6, 6.07) is 10.4. The number of benzene rings is 2. The molecule has 3 saturated heterocycles. The van der Waals surface area contributed by atoms with Gasteiger partial charge in [-0.25, -0.2) is 4.79 Å². The molecule has 13 heteroatoms. The summed E-state index contributed by atoms with van der Waals surface area (Å²) < 4.78 is 47.3. The van der Waals surface area contributed by atoms with Crippen LogP contribution in [0, 0.1) is 0 Å². The monoisotopic (exact) mass is 705 g/mol. The van der Waals surface area contributed by atoms with Crippen LogP contribution in [0.5, 0.6) is 0 Å². The van der Waals surface area contributed by atoms with E-state index in [-0.39, 0.29) is 22.4 Å². The number of halogens is 4. The molecule has 3 N–H and O–H groups in total. The van der Waals surface area contributed by atoms with Crippen LogP contribution in [0.4, 0.5) is 29.3 Å². The smallest absolute Gasteiger partial charge is 0.418 e. The summed E-state index contributed by atoms with van der Waals surface area (Å²) >= 11 is 3.13. The number of anilines is 2. The highest BCUT2D eigenvalue weighted by Crippen LogP contribution is 2.45. The summed E-state index contributed by atoms with van der Waals surface area (Å²) in [5.41, 5.74) is 5.85. The van der Waals surface area contributed by atoms with Crippen molar-refractivity contribution >= 4 is 45.2 Å². The number of hydrogen-bond donors (Lipinski definition) is 2. The van der Waals surface area contributed by atoms with E-state index in [0.29, 0.717) is 51.5 Å². The molecule has 248 valence electrons. The molecule has 1 atom stereocenters. The van der Waals surface area contributed by atoms with Gasteiger partial charge in [0.1, 0.15) is 0 Å². The van der Waals surface area contributed by atoms with Crippen LogP contribution in [0.15, 0.2) is 40.9 Å². The highest BCUT2D eigenvalue weighted by molar-refractivity contribution is 9.10. The highest BCUT2D eigenvalue weighted by atomic mass is 79.9. The molecule has 0 unspecified atom stereocenters. The average molecular weight is 707 g/mol. The number of alkyl halides is 3. The Labute approximate surface area is 274 Å². The molecule has 3 fully saturated rings. The Morgan fingerprint density at radius 2 is 1.70 bits per heavy atom. The zero-order valence-electron chi connectivity index (χ0n) is 25.6. The van der Waals surface area contributed by atoms with Gasteiger partial charge in [-0.15, -0.1) is 0 Å². The minimum atomic E-state index is -4.70. The number of piperidine rings is 2. The number of ether oxygens (including phenoxy) is 1. The molecular formula is C33H39BrF3N5O4. The molecule has 0 aromatic heterocycles. The second-order valence-electron chi connectivity index (χ2n) is 13.0. The number of carbonyl (C=O) groups is 3. The number of nitrogens with zero attached hydrogens (tertiary/aromatic N) is 3. The van der Waals surface area contributed by atoms with Crippen molar-refractivity contribution in [2.24, 2.45) is 0 Å². The van der Waals surface area contributed by atoms with E-state index in [1.807, 2.05) is 24.3 Å². The van der Waals surface area contributed by atoms with E-state index in [4.69, 9.17) is 10.5 Å². The van der Waals surface area contributed by atoms with Crippen LogP contribution >= 0.6 is 15.9 Å². The largest absolute Gasteiger partial charge is 0.436 e. The van der Waals surface area contributed by atoms with Gasteiger partial charge >= 0.3 is 12.3 Å². The molecule has 4 heterocycles. The quantitative estimate of drug-likeness (QED) is 0.395. The Morgan fingerprint density at radius 1 is 1.02 bits per heavy atom. The molecule has 3 amide bonds. The Balaban J connectivity index is 1.18. The van der Waals surface area contributed by atoms with Crippen LogP contribution < -0.4 is 11.1 Å². The summed E-state index contributed by atoms with van der Waals surface area (Å²) in [6.45, 7) is 3.71. The molecule has 0 radical (unpaired) electrons. The normalized spacial score (nSPS) is 21.2. The van der Waals surface area contributed by atoms with Crippen molar-refractivity contribution in [2.45, 2.75) is 75.1 Å². The Bertz CT molecular complexity index is 1480. The van der Waals surface area contributed by atoms with Gasteiger partial charge in [0.15, 0.2) is 6.10 Å². The molecule has 46 heavy (non-hydrogen) atoms. The lowest BCUT2D eigenvalue weighted by Gasteiger charge is -2.44. The number of hydrogen-bond acceptors (Lipinski definition) is 6. The standard InChI is InChI=1S/C33H39BrF3N5O4/c34-25-18-21(17-24(29(25)38)33(35,36)37)19-27(30(44)41-13-7-22(8-14-41)40-11-3-4-12-40)46-31(45)42-15-9-32(10-16-42)20-28(43)39-26-6-2-1-5-23(26)32/h1-2,5-6,17-18,22,27H,3-4,7-16,19-20,38H2,(H,39,43)/t27-/m1/s1. The number of rotatable bonds is 5. The van der Waals surface area contributed by atoms with E-state index in [9.17, 15) is 27.6 Å². The molecule has 6 rings (SSSR count). The van der Waals surface area contributed by atoms with Crippen molar-refractivity contribution in [2.75, 3.05) is 50.3 Å². The van der Waals surface area contributed by atoms with Gasteiger partial charge in [0.25, 0.3) is 5.91 Å². The first-order chi connectivity index (χ1) is 21.9. The summed E-state index contributed by atoms with van der Waals surface area (Å²) in [4.78, 5) is 45.7. The van der Waals surface area contributed by atoms with Crippen LogP contribution in [-0.2, 0) is 32.3 Å². The van der Waals surface area contributed by atoms with Gasteiger partial charge in [-0.05, 0) is 96.9 Å². The van der Waals surface area contributed by atoms with Gasteiger partial charge in [0.05, 0.1) is 11.3 Å². The minimum Gasteiger partial charge on any atom is -0.436 e. The van der Waals surface area contributed by atoms with Gasteiger partial charge < -0.3 is 30.5 Å². The number of fused-ring (bicyclic) bond motifs is 2. The Kier molecular flexibility index (Phi) is 9.26. The van der Waals surface area contributed by atoms with Crippen LogP contribution in [0.3, 0.4) is 0 Å². The number of para-hydroxylation sites is 1. The van der Waals surface area contributed by atoms with Crippen molar-refractivity contribution < 1.29 is 32.3 Å². The lowest BCUT2D eigenvalue weighted by atomic mass is 9.68. The predicted octanol–water partition coefficient (Wildman–Crippen LogP) is 5.56. The summed E-state index contributed by atoms with van der Waals surface area (Å²) in [5.74, 6) is -0.483. The molecule has 2 aromatic rings. The predicted molar refractivity (Wildman–Crippen MR) is 170 cm³/mol. The fourth-order valence-corrected chi connectivity index (χ4v) is 8.10.